The second-order valence-corrected chi connectivity index (χ2v) is 8.79. The Morgan fingerprint density at radius 2 is 1.81 bits per heavy atom. The molecule has 1 saturated carbocycles. The summed E-state index contributed by atoms with van der Waals surface area (Å²) in [6.07, 6.45) is 5.69. The molecule has 0 unspecified atom stereocenters. The van der Waals surface area contributed by atoms with Gasteiger partial charge in [0, 0.05) is 19.0 Å². The fourth-order valence-electron chi connectivity index (χ4n) is 4.13. The van der Waals surface area contributed by atoms with Crippen molar-refractivity contribution in [2.24, 2.45) is 5.92 Å². The van der Waals surface area contributed by atoms with Crippen LogP contribution in [0.15, 0.2) is 12.1 Å². The molecular formula is C22H33N3OS. The zero-order valence-corrected chi connectivity index (χ0v) is 18.1. The fraction of sp³-hybridized carbons (Fsp3) is 0.636. The molecule has 0 bridgehead atoms. The molecule has 1 aromatic carbocycles. The van der Waals surface area contributed by atoms with Crippen LogP contribution >= 0.6 is 11.3 Å². The van der Waals surface area contributed by atoms with E-state index in [4.69, 9.17) is 4.98 Å². The zero-order valence-electron chi connectivity index (χ0n) is 17.3. The molecule has 0 saturated heterocycles. The van der Waals surface area contributed by atoms with Crippen LogP contribution in [-0.4, -0.2) is 42.0 Å². The third kappa shape index (κ3) is 4.69. The molecule has 1 aromatic heterocycles. The number of aromatic nitrogens is 1. The summed E-state index contributed by atoms with van der Waals surface area (Å²) in [5, 5.41) is 0.876. The molecule has 27 heavy (non-hydrogen) atoms. The van der Waals surface area contributed by atoms with E-state index in [1.165, 1.54) is 35.1 Å². The molecule has 1 aliphatic carbocycles. The summed E-state index contributed by atoms with van der Waals surface area (Å²) < 4.78 is 1.19. The van der Waals surface area contributed by atoms with Gasteiger partial charge in [-0.15, -0.1) is 0 Å². The number of rotatable bonds is 7. The summed E-state index contributed by atoms with van der Waals surface area (Å²) in [6.45, 7) is 12.3. The fourth-order valence-corrected chi connectivity index (χ4v) is 5.30. The number of amides is 1. The average Bonchev–Trinajstić information content (AvgIpc) is 3.09. The number of nitrogens with zero attached hydrogens (tertiary/aromatic N) is 3. The van der Waals surface area contributed by atoms with Gasteiger partial charge in [-0.05, 0) is 57.0 Å². The molecule has 148 valence electrons. The van der Waals surface area contributed by atoms with E-state index >= 15 is 0 Å². The van der Waals surface area contributed by atoms with Crippen molar-refractivity contribution in [2.75, 3.05) is 31.1 Å². The number of carbonyl (C=O) groups excluding carboxylic acids is 1. The number of thiazole rings is 1. The molecule has 0 radical (unpaired) electrons. The number of hydrogen-bond donors (Lipinski definition) is 0. The lowest BCUT2D eigenvalue weighted by atomic mass is 9.88. The molecule has 0 N–H and O–H groups in total. The van der Waals surface area contributed by atoms with Crippen LogP contribution < -0.4 is 4.90 Å². The Bertz CT molecular complexity index is 775. The molecule has 1 aliphatic rings. The summed E-state index contributed by atoms with van der Waals surface area (Å²) in [6, 6.07) is 4.37. The predicted octanol–water partition coefficient (Wildman–Crippen LogP) is 5.17. The Morgan fingerprint density at radius 1 is 1.11 bits per heavy atom. The van der Waals surface area contributed by atoms with Gasteiger partial charge in [-0.1, -0.05) is 50.5 Å². The van der Waals surface area contributed by atoms with E-state index in [1.807, 2.05) is 4.90 Å². The molecule has 1 heterocycles. The van der Waals surface area contributed by atoms with Gasteiger partial charge in [-0.25, -0.2) is 4.98 Å². The van der Waals surface area contributed by atoms with Crippen molar-refractivity contribution in [3.05, 3.63) is 23.3 Å². The van der Waals surface area contributed by atoms with Gasteiger partial charge in [0.2, 0.25) is 5.91 Å². The molecule has 0 spiro atoms. The van der Waals surface area contributed by atoms with E-state index in [2.05, 4.69) is 44.7 Å². The minimum absolute atomic E-state index is 0.172. The van der Waals surface area contributed by atoms with Gasteiger partial charge in [-0.2, -0.15) is 0 Å². The van der Waals surface area contributed by atoms with Gasteiger partial charge in [0.25, 0.3) is 0 Å². The Labute approximate surface area is 167 Å². The second kappa shape index (κ2) is 9.16. The van der Waals surface area contributed by atoms with Crippen LogP contribution in [0.4, 0.5) is 5.13 Å². The van der Waals surface area contributed by atoms with Crippen molar-refractivity contribution in [2.45, 2.75) is 59.8 Å². The quantitative estimate of drug-likeness (QED) is 0.658. The van der Waals surface area contributed by atoms with E-state index in [0.717, 1.165) is 49.7 Å². The Kier molecular flexibility index (Phi) is 6.88. The number of aryl methyl sites for hydroxylation is 2. The van der Waals surface area contributed by atoms with Gasteiger partial charge in [-0.3, -0.25) is 9.69 Å². The van der Waals surface area contributed by atoms with Gasteiger partial charge >= 0.3 is 0 Å². The summed E-state index contributed by atoms with van der Waals surface area (Å²) in [4.78, 5) is 22.7. The van der Waals surface area contributed by atoms with Crippen molar-refractivity contribution in [1.82, 2.24) is 9.88 Å². The summed E-state index contributed by atoms with van der Waals surface area (Å²) in [5.74, 6) is 0.459. The normalized spacial score (nSPS) is 15.6. The van der Waals surface area contributed by atoms with Gasteiger partial charge in [0.1, 0.15) is 0 Å². The standard InChI is InChI=1S/C22H33N3OS/c1-5-24(6-2)12-13-25(21(26)18-10-8-7-9-11-18)22-23-20-17(4)14-16(3)15-19(20)27-22/h14-15,18H,5-13H2,1-4H3. The van der Waals surface area contributed by atoms with Gasteiger partial charge in [0.15, 0.2) is 5.13 Å². The minimum atomic E-state index is 0.172. The van der Waals surface area contributed by atoms with Crippen LogP contribution in [0.5, 0.6) is 0 Å². The van der Waals surface area contributed by atoms with E-state index in [9.17, 15) is 4.79 Å². The first-order chi connectivity index (χ1) is 13.0. The molecule has 0 aliphatic heterocycles. The topological polar surface area (TPSA) is 36.4 Å². The third-order valence-corrected chi connectivity index (χ3v) is 6.83. The first kappa shape index (κ1) is 20.3. The highest BCUT2D eigenvalue weighted by Crippen LogP contribution is 2.34. The highest BCUT2D eigenvalue weighted by Gasteiger charge is 2.29. The molecule has 1 fully saturated rings. The van der Waals surface area contributed by atoms with E-state index in [0.29, 0.717) is 0 Å². The number of anilines is 1. The largest absolute Gasteiger partial charge is 0.302 e. The molecule has 1 amide bonds. The maximum absolute atomic E-state index is 13.4. The van der Waals surface area contributed by atoms with Gasteiger partial charge < -0.3 is 4.90 Å². The number of hydrogen-bond acceptors (Lipinski definition) is 4. The zero-order chi connectivity index (χ0) is 19.4. The predicted molar refractivity (Wildman–Crippen MR) is 116 cm³/mol. The van der Waals surface area contributed by atoms with E-state index in [1.54, 1.807) is 11.3 Å². The Morgan fingerprint density at radius 3 is 2.48 bits per heavy atom. The summed E-state index contributed by atoms with van der Waals surface area (Å²) in [7, 11) is 0. The van der Waals surface area contributed by atoms with Crippen LogP contribution in [0, 0.1) is 19.8 Å². The number of benzene rings is 1. The number of likely N-dealkylation sites (N-methyl/N-ethyl adjacent to an activating group) is 1. The van der Waals surface area contributed by atoms with Crippen LogP contribution in [0.2, 0.25) is 0 Å². The van der Waals surface area contributed by atoms with Gasteiger partial charge in [0.05, 0.1) is 10.2 Å². The van der Waals surface area contributed by atoms with Crippen LogP contribution in [0.3, 0.4) is 0 Å². The maximum atomic E-state index is 13.4. The second-order valence-electron chi connectivity index (χ2n) is 7.78. The SMILES string of the molecule is CCN(CC)CCN(C(=O)C1CCCCC1)c1nc2c(C)cc(C)cc2s1. The highest BCUT2D eigenvalue weighted by molar-refractivity contribution is 7.22. The first-order valence-corrected chi connectivity index (χ1v) is 11.3. The lowest BCUT2D eigenvalue weighted by Crippen LogP contribution is -2.42. The number of carbonyl (C=O) groups is 1. The highest BCUT2D eigenvalue weighted by atomic mass is 32.1. The molecule has 2 aromatic rings. The smallest absolute Gasteiger partial charge is 0.231 e. The Balaban J connectivity index is 1.90. The Hall–Kier alpha value is -1.46. The monoisotopic (exact) mass is 387 g/mol. The molecule has 0 atom stereocenters. The number of fused-ring (bicyclic) bond motifs is 1. The third-order valence-electron chi connectivity index (χ3n) is 5.80. The molecule has 5 heteroatoms. The molecule has 4 nitrogen and oxygen atoms in total. The lowest BCUT2D eigenvalue weighted by molar-refractivity contribution is -0.123. The average molecular weight is 388 g/mol. The van der Waals surface area contributed by atoms with Crippen LogP contribution in [0.25, 0.3) is 10.2 Å². The summed E-state index contributed by atoms with van der Waals surface area (Å²) >= 11 is 1.67. The van der Waals surface area contributed by atoms with Crippen LogP contribution in [-0.2, 0) is 4.79 Å². The lowest BCUT2D eigenvalue weighted by Gasteiger charge is -2.29. The van der Waals surface area contributed by atoms with Crippen LogP contribution in [0.1, 0.15) is 57.1 Å². The molecule has 3 rings (SSSR count). The first-order valence-electron chi connectivity index (χ1n) is 10.4. The summed E-state index contributed by atoms with van der Waals surface area (Å²) in [5.41, 5.74) is 3.50. The molecular weight excluding hydrogens is 354 g/mol. The van der Waals surface area contributed by atoms with Crippen molar-refractivity contribution >= 4 is 32.6 Å². The maximum Gasteiger partial charge on any atom is 0.231 e. The van der Waals surface area contributed by atoms with E-state index in [-0.39, 0.29) is 11.8 Å². The van der Waals surface area contributed by atoms with E-state index < -0.39 is 0 Å². The minimum Gasteiger partial charge on any atom is -0.302 e. The van der Waals surface area contributed by atoms with Crippen molar-refractivity contribution < 1.29 is 4.79 Å². The van der Waals surface area contributed by atoms with Crippen molar-refractivity contribution in [1.29, 1.82) is 0 Å². The van der Waals surface area contributed by atoms with Crippen molar-refractivity contribution in [3.63, 3.8) is 0 Å². The van der Waals surface area contributed by atoms with Crippen molar-refractivity contribution in [3.8, 4) is 0 Å².